The number of likely N-dealkylation sites (N-methyl/N-ethyl adjacent to an activating group) is 1. The minimum Gasteiger partial charge on any atom is -0.397 e. The number of carbonyl (C=O) groups is 1. The van der Waals surface area contributed by atoms with Crippen LogP contribution < -0.4 is 16.0 Å². The topological polar surface area (TPSA) is 58.4 Å². The van der Waals surface area contributed by atoms with E-state index in [-0.39, 0.29) is 5.91 Å². The van der Waals surface area contributed by atoms with Gasteiger partial charge in [0.1, 0.15) is 0 Å². The van der Waals surface area contributed by atoms with E-state index in [1.165, 1.54) is 0 Å². The van der Waals surface area contributed by atoms with Crippen LogP contribution in [0.15, 0.2) is 18.2 Å². The molecule has 0 saturated heterocycles. The standard InChI is InChI=1S/C12H16ClN3O/c1-16(7-12(17)15-9-3-4-9)11-5-2-8(13)6-10(11)14/h2,5-6,9H,3-4,7,14H2,1H3,(H,15,17). The molecule has 5 heteroatoms. The number of hydrogen-bond acceptors (Lipinski definition) is 3. The van der Waals surface area contributed by atoms with Crippen LogP contribution >= 0.6 is 11.6 Å². The minimum absolute atomic E-state index is 0.0318. The molecule has 0 atom stereocenters. The summed E-state index contributed by atoms with van der Waals surface area (Å²) < 4.78 is 0. The zero-order valence-electron chi connectivity index (χ0n) is 9.74. The van der Waals surface area contributed by atoms with Gasteiger partial charge in [0.2, 0.25) is 5.91 Å². The summed E-state index contributed by atoms with van der Waals surface area (Å²) in [4.78, 5) is 13.5. The number of halogens is 1. The third-order valence-corrected chi connectivity index (χ3v) is 2.96. The molecule has 1 fully saturated rings. The Morgan fingerprint density at radius 3 is 2.88 bits per heavy atom. The van der Waals surface area contributed by atoms with Crippen molar-refractivity contribution >= 4 is 28.9 Å². The molecule has 1 aromatic carbocycles. The van der Waals surface area contributed by atoms with E-state index in [0.29, 0.717) is 23.3 Å². The fraction of sp³-hybridized carbons (Fsp3) is 0.417. The van der Waals surface area contributed by atoms with Crippen LogP contribution in [0.1, 0.15) is 12.8 Å². The number of anilines is 2. The first kappa shape index (κ1) is 12.0. The lowest BCUT2D eigenvalue weighted by atomic mass is 10.2. The third kappa shape index (κ3) is 3.27. The van der Waals surface area contributed by atoms with Gasteiger partial charge in [-0.2, -0.15) is 0 Å². The quantitative estimate of drug-likeness (QED) is 0.802. The molecule has 17 heavy (non-hydrogen) atoms. The Kier molecular flexibility index (Phi) is 3.43. The van der Waals surface area contributed by atoms with Crippen molar-refractivity contribution in [3.8, 4) is 0 Å². The summed E-state index contributed by atoms with van der Waals surface area (Å²) in [6, 6.07) is 5.66. The Hall–Kier alpha value is -1.42. The summed E-state index contributed by atoms with van der Waals surface area (Å²) in [5, 5.41) is 3.54. The summed E-state index contributed by atoms with van der Waals surface area (Å²) >= 11 is 5.83. The molecule has 2 rings (SSSR count). The number of nitrogens with zero attached hydrogens (tertiary/aromatic N) is 1. The van der Waals surface area contributed by atoms with Gasteiger partial charge in [0.05, 0.1) is 17.9 Å². The van der Waals surface area contributed by atoms with Crippen molar-refractivity contribution < 1.29 is 4.79 Å². The highest BCUT2D eigenvalue weighted by atomic mass is 35.5. The van der Waals surface area contributed by atoms with E-state index in [9.17, 15) is 4.79 Å². The van der Waals surface area contributed by atoms with Crippen molar-refractivity contribution in [3.63, 3.8) is 0 Å². The molecule has 1 aliphatic rings. The highest BCUT2D eigenvalue weighted by Gasteiger charge is 2.23. The average molecular weight is 254 g/mol. The predicted molar refractivity (Wildman–Crippen MR) is 70.3 cm³/mol. The smallest absolute Gasteiger partial charge is 0.239 e. The summed E-state index contributed by atoms with van der Waals surface area (Å²) in [7, 11) is 1.84. The van der Waals surface area contributed by atoms with Crippen molar-refractivity contribution in [2.24, 2.45) is 0 Å². The maximum Gasteiger partial charge on any atom is 0.239 e. The number of benzene rings is 1. The van der Waals surface area contributed by atoms with Gasteiger partial charge < -0.3 is 16.0 Å². The Labute approximate surface area is 106 Å². The third-order valence-electron chi connectivity index (χ3n) is 2.72. The van der Waals surface area contributed by atoms with Gasteiger partial charge >= 0.3 is 0 Å². The van der Waals surface area contributed by atoms with Gasteiger partial charge in [-0.15, -0.1) is 0 Å². The van der Waals surface area contributed by atoms with E-state index < -0.39 is 0 Å². The first-order valence-electron chi connectivity index (χ1n) is 5.62. The summed E-state index contributed by atoms with van der Waals surface area (Å²) in [6.07, 6.45) is 2.19. The SMILES string of the molecule is CN(CC(=O)NC1CC1)c1ccc(Cl)cc1N. The number of carbonyl (C=O) groups excluding carboxylic acids is 1. The Morgan fingerprint density at radius 1 is 1.59 bits per heavy atom. The zero-order valence-corrected chi connectivity index (χ0v) is 10.5. The second kappa shape index (κ2) is 4.84. The average Bonchev–Trinajstić information content (AvgIpc) is 3.00. The lowest BCUT2D eigenvalue weighted by Crippen LogP contribution is -2.36. The minimum atomic E-state index is 0.0318. The summed E-state index contributed by atoms with van der Waals surface area (Å²) in [5.74, 6) is 0.0318. The van der Waals surface area contributed by atoms with Crippen LogP contribution in [0.25, 0.3) is 0 Å². The Balaban J connectivity index is 1.97. The molecule has 1 amide bonds. The van der Waals surface area contributed by atoms with Gasteiger partial charge in [0.15, 0.2) is 0 Å². The molecule has 4 nitrogen and oxygen atoms in total. The van der Waals surface area contributed by atoms with Gasteiger partial charge in [0, 0.05) is 18.1 Å². The number of nitrogens with two attached hydrogens (primary N) is 1. The van der Waals surface area contributed by atoms with Crippen LogP contribution in [0.4, 0.5) is 11.4 Å². The maximum atomic E-state index is 11.6. The highest BCUT2D eigenvalue weighted by molar-refractivity contribution is 6.31. The van der Waals surface area contributed by atoms with Crippen molar-refractivity contribution in [2.75, 3.05) is 24.2 Å². The molecule has 0 radical (unpaired) electrons. The van der Waals surface area contributed by atoms with Crippen LogP contribution in [0, 0.1) is 0 Å². The van der Waals surface area contributed by atoms with Crippen LogP contribution in [0.5, 0.6) is 0 Å². The first-order valence-corrected chi connectivity index (χ1v) is 5.99. The summed E-state index contributed by atoms with van der Waals surface area (Å²) in [5.41, 5.74) is 7.26. The lowest BCUT2D eigenvalue weighted by Gasteiger charge is -2.20. The molecule has 0 aromatic heterocycles. The highest BCUT2D eigenvalue weighted by Crippen LogP contribution is 2.25. The molecule has 1 aliphatic carbocycles. The van der Waals surface area contributed by atoms with E-state index in [1.807, 2.05) is 18.0 Å². The van der Waals surface area contributed by atoms with Crippen molar-refractivity contribution in [2.45, 2.75) is 18.9 Å². The molecule has 1 aromatic rings. The van der Waals surface area contributed by atoms with Gasteiger partial charge in [-0.3, -0.25) is 4.79 Å². The predicted octanol–water partition coefficient (Wildman–Crippen LogP) is 1.64. The largest absolute Gasteiger partial charge is 0.397 e. The molecule has 0 aliphatic heterocycles. The molecule has 0 bridgehead atoms. The van der Waals surface area contributed by atoms with Crippen molar-refractivity contribution in [1.29, 1.82) is 0 Å². The molecular weight excluding hydrogens is 238 g/mol. The normalized spacial score (nSPS) is 14.5. The molecule has 92 valence electrons. The molecule has 3 N–H and O–H groups in total. The van der Waals surface area contributed by atoms with E-state index in [2.05, 4.69) is 5.32 Å². The van der Waals surface area contributed by atoms with Crippen LogP contribution in [-0.2, 0) is 4.79 Å². The van der Waals surface area contributed by atoms with Crippen LogP contribution in [0.2, 0.25) is 5.02 Å². The van der Waals surface area contributed by atoms with Gasteiger partial charge in [-0.1, -0.05) is 11.6 Å². The maximum absolute atomic E-state index is 11.6. The van der Waals surface area contributed by atoms with Gasteiger partial charge in [-0.25, -0.2) is 0 Å². The lowest BCUT2D eigenvalue weighted by molar-refractivity contribution is -0.119. The number of amides is 1. The zero-order chi connectivity index (χ0) is 12.4. The van der Waals surface area contributed by atoms with Crippen LogP contribution in [-0.4, -0.2) is 25.5 Å². The Bertz CT molecular complexity index is 432. The second-order valence-corrected chi connectivity index (χ2v) is 4.84. The van der Waals surface area contributed by atoms with Crippen LogP contribution in [0.3, 0.4) is 0 Å². The van der Waals surface area contributed by atoms with Gasteiger partial charge in [-0.05, 0) is 31.0 Å². The molecule has 1 saturated carbocycles. The second-order valence-electron chi connectivity index (χ2n) is 4.40. The van der Waals surface area contributed by atoms with Crippen molar-refractivity contribution in [3.05, 3.63) is 23.2 Å². The number of rotatable bonds is 4. The monoisotopic (exact) mass is 253 g/mol. The molecule has 0 heterocycles. The number of hydrogen-bond donors (Lipinski definition) is 2. The fourth-order valence-electron chi connectivity index (χ4n) is 1.67. The van der Waals surface area contributed by atoms with Gasteiger partial charge in [0.25, 0.3) is 0 Å². The van der Waals surface area contributed by atoms with E-state index >= 15 is 0 Å². The molecule has 0 unspecified atom stereocenters. The first-order chi connectivity index (χ1) is 8.06. The molecule has 0 spiro atoms. The fourth-order valence-corrected chi connectivity index (χ4v) is 1.86. The number of nitrogens with one attached hydrogen (secondary N) is 1. The van der Waals surface area contributed by atoms with E-state index in [4.69, 9.17) is 17.3 Å². The van der Waals surface area contributed by atoms with Crippen molar-refractivity contribution in [1.82, 2.24) is 5.32 Å². The Morgan fingerprint density at radius 2 is 2.29 bits per heavy atom. The summed E-state index contributed by atoms with van der Waals surface area (Å²) in [6.45, 7) is 0.308. The number of nitrogen functional groups attached to an aromatic ring is 1. The van der Waals surface area contributed by atoms with E-state index in [1.54, 1.807) is 12.1 Å². The van der Waals surface area contributed by atoms with E-state index in [0.717, 1.165) is 18.5 Å². The molecular formula is C12H16ClN3O.